The number of Topliss-reactive ketones (excluding diaryl/α,β-unsaturated/α-hetero) is 1. The molecule has 0 amide bonds. The van der Waals surface area contributed by atoms with Gasteiger partial charge in [0.15, 0.2) is 6.61 Å². The number of anilines is 1. The Morgan fingerprint density at radius 1 is 1.19 bits per heavy atom. The average molecular weight is 426 g/mol. The van der Waals surface area contributed by atoms with Gasteiger partial charge in [-0.15, -0.1) is 0 Å². The second kappa shape index (κ2) is 9.03. The van der Waals surface area contributed by atoms with Gasteiger partial charge in [0.25, 0.3) is 5.56 Å². The molecule has 0 bridgehead atoms. The monoisotopic (exact) mass is 426 g/mol. The topological polar surface area (TPSA) is 129 Å². The summed E-state index contributed by atoms with van der Waals surface area (Å²) in [6.07, 6.45) is 2.36. The number of fused-ring (bicyclic) bond motifs is 1. The highest BCUT2D eigenvalue weighted by Gasteiger charge is 2.23. The number of nitrogens with zero attached hydrogens (tertiary/aromatic N) is 2. The van der Waals surface area contributed by atoms with E-state index in [-0.39, 0.29) is 30.3 Å². The number of aromatic amines is 1. The normalized spacial score (nSPS) is 11.2. The second-order valence-electron chi connectivity index (χ2n) is 7.85. The molecule has 2 aromatic heterocycles. The third-order valence-corrected chi connectivity index (χ3v) is 5.05. The van der Waals surface area contributed by atoms with Gasteiger partial charge in [-0.1, -0.05) is 32.0 Å². The number of carbonyl (C=O) groups excluding carboxylic acids is 2. The highest BCUT2D eigenvalue weighted by atomic mass is 16.5. The van der Waals surface area contributed by atoms with Crippen molar-refractivity contribution >= 4 is 28.5 Å². The van der Waals surface area contributed by atoms with Crippen LogP contribution in [0.15, 0.2) is 40.1 Å². The fourth-order valence-corrected chi connectivity index (χ4v) is 3.45. The number of hydrogen-bond donors (Lipinski definition) is 2. The molecule has 0 aliphatic rings. The van der Waals surface area contributed by atoms with Crippen molar-refractivity contribution < 1.29 is 14.3 Å². The minimum Gasteiger partial charge on any atom is -0.457 e. The Morgan fingerprint density at radius 2 is 1.90 bits per heavy atom. The van der Waals surface area contributed by atoms with Gasteiger partial charge in [-0.25, -0.2) is 4.79 Å². The Hall–Kier alpha value is -3.62. The predicted molar refractivity (Wildman–Crippen MR) is 117 cm³/mol. The number of benzene rings is 1. The van der Waals surface area contributed by atoms with Crippen molar-refractivity contribution in [1.29, 1.82) is 0 Å². The van der Waals surface area contributed by atoms with E-state index in [4.69, 9.17) is 10.5 Å². The van der Waals surface area contributed by atoms with E-state index < -0.39 is 29.6 Å². The average Bonchev–Trinajstić information content (AvgIpc) is 3.15. The zero-order valence-corrected chi connectivity index (χ0v) is 17.8. The summed E-state index contributed by atoms with van der Waals surface area (Å²) in [5.74, 6) is -1.44. The number of ether oxygens (including phenoxy) is 1. The first-order valence-corrected chi connectivity index (χ1v) is 10.0. The number of para-hydroxylation sites is 1. The lowest BCUT2D eigenvalue weighted by molar-refractivity contribution is -0.142. The van der Waals surface area contributed by atoms with E-state index in [1.165, 1.54) is 11.6 Å². The first-order valence-electron chi connectivity index (χ1n) is 10.0. The maximum atomic E-state index is 12.6. The molecule has 0 aliphatic heterocycles. The Labute approximate surface area is 178 Å². The lowest BCUT2D eigenvalue weighted by Crippen LogP contribution is -2.43. The first-order chi connectivity index (χ1) is 14.7. The molecular formula is C22H26N4O5. The van der Waals surface area contributed by atoms with Gasteiger partial charge in [0.05, 0.1) is 0 Å². The third kappa shape index (κ3) is 4.60. The van der Waals surface area contributed by atoms with Crippen LogP contribution in [-0.4, -0.2) is 32.5 Å². The molecule has 9 heteroatoms. The molecule has 0 spiro atoms. The van der Waals surface area contributed by atoms with Crippen molar-refractivity contribution in [2.45, 2.75) is 33.2 Å². The number of H-pyrrole nitrogens is 1. The van der Waals surface area contributed by atoms with E-state index in [0.29, 0.717) is 6.42 Å². The first kappa shape index (κ1) is 22.1. The molecule has 0 aliphatic carbocycles. The fraction of sp³-hybridized carbons (Fsp3) is 0.364. The van der Waals surface area contributed by atoms with Crippen LogP contribution >= 0.6 is 0 Å². The predicted octanol–water partition coefficient (Wildman–Crippen LogP) is 1.63. The van der Waals surface area contributed by atoms with Crippen molar-refractivity contribution in [3.05, 3.63) is 62.4 Å². The Morgan fingerprint density at radius 3 is 2.61 bits per heavy atom. The number of esters is 1. The summed E-state index contributed by atoms with van der Waals surface area (Å²) in [5.41, 5.74) is 6.18. The number of aromatic nitrogens is 3. The van der Waals surface area contributed by atoms with Gasteiger partial charge in [0.1, 0.15) is 11.4 Å². The number of nitrogens with one attached hydrogen (secondary N) is 1. The summed E-state index contributed by atoms with van der Waals surface area (Å²) in [6.45, 7) is 3.40. The molecule has 0 fully saturated rings. The fourth-order valence-electron chi connectivity index (χ4n) is 3.45. The second-order valence-corrected chi connectivity index (χ2v) is 7.85. The number of rotatable bonds is 8. The number of carbonyl (C=O) groups is 2. The summed E-state index contributed by atoms with van der Waals surface area (Å²) >= 11 is 0. The molecule has 3 N–H and O–H groups in total. The summed E-state index contributed by atoms with van der Waals surface area (Å²) in [7, 11) is 1.28. The molecular weight excluding hydrogens is 400 g/mol. The maximum absolute atomic E-state index is 12.6. The van der Waals surface area contributed by atoms with Gasteiger partial charge in [-0.2, -0.15) is 0 Å². The summed E-state index contributed by atoms with van der Waals surface area (Å²) in [6, 6.07) is 7.74. The van der Waals surface area contributed by atoms with Crippen LogP contribution < -0.4 is 17.0 Å². The SMILES string of the molecule is CC(C)Cn1c(N)c(C(=O)COC(=O)CCc2c[nH]c3ccccc23)c(=O)n(C)c1=O. The number of ketones is 1. The Bertz CT molecular complexity index is 1250. The lowest BCUT2D eigenvalue weighted by atomic mass is 10.1. The Balaban J connectivity index is 1.69. The Kier molecular flexibility index (Phi) is 6.43. The molecule has 0 unspecified atom stereocenters. The van der Waals surface area contributed by atoms with E-state index in [1.807, 2.05) is 44.3 Å². The van der Waals surface area contributed by atoms with E-state index in [2.05, 4.69) is 4.98 Å². The molecule has 2 heterocycles. The number of nitrogens with two attached hydrogens (primary N) is 1. The van der Waals surface area contributed by atoms with Crippen LogP contribution in [0.25, 0.3) is 10.9 Å². The molecule has 1 aromatic carbocycles. The largest absolute Gasteiger partial charge is 0.457 e. The highest BCUT2D eigenvalue weighted by Crippen LogP contribution is 2.19. The van der Waals surface area contributed by atoms with Gasteiger partial charge in [0, 0.05) is 37.1 Å². The van der Waals surface area contributed by atoms with Crippen LogP contribution in [0.2, 0.25) is 0 Å². The molecule has 0 atom stereocenters. The molecule has 31 heavy (non-hydrogen) atoms. The molecule has 0 radical (unpaired) electrons. The molecule has 164 valence electrons. The standard InChI is InChI=1S/C22H26N4O5/c1-13(2)11-26-20(23)19(21(29)25(3)22(26)30)17(27)12-31-18(28)9-8-14-10-24-16-7-5-4-6-15(14)16/h4-7,10,13,24H,8-9,11-12,23H2,1-3H3. The highest BCUT2D eigenvalue weighted by molar-refractivity contribution is 6.01. The van der Waals surface area contributed by atoms with Crippen LogP contribution in [0.5, 0.6) is 0 Å². The van der Waals surface area contributed by atoms with Crippen LogP contribution in [0.4, 0.5) is 5.82 Å². The summed E-state index contributed by atoms with van der Waals surface area (Å²) < 4.78 is 7.11. The summed E-state index contributed by atoms with van der Waals surface area (Å²) in [4.78, 5) is 52.7. The number of nitrogen functional groups attached to an aromatic ring is 1. The number of hydrogen-bond acceptors (Lipinski definition) is 6. The zero-order chi connectivity index (χ0) is 22.7. The molecule has 0 saturated carbocycles. The molecule has 9 nitrogen and oxygen atoms in total. The minimum absolute atomic E-state index is 0.0720. The lowest BCUT2D eigenvalue weighted by Gasteiger charge is -2.16. The van der Waals surface area contributed by atoms with Crippen molar-refractivity contribution in [2.24, 2.45) is 13.0 Å². The van der Waals surface area contributed by atoms with E-state index in [9.17, 15) is 19.2 Å². The van der Waals surface area contributed by atoms with Crippen LogP contribution in [0.1, 0.15) is 36.2 Å². The van der Waals surface area contributed by atoms with Crippen LogP contribution in [0.3, 0.4) is 0 Å². The van der Waals surface area contributed by atoms with E-state index >= 15 is 0 Å². The molecule has 0 saturated heterocycles. The molecule has 3 aromatic rings. The number of aryl methyl sites for hydroxylation is 1. The molecule has 3 rings (SSSR count). The van der Waals surface area contributed by atoms with Gasteiger partial charge >= 0.3 is 11.7 Å². The third-order valence-electron chi connectivity index (χ3n) is 5.05. The smallest absolute Gasteiger partial charge is 0.332 e. The van der Waals surface area contributed by atoms with Gasteiger partial charge in [-0.05, 0) is 24.0 Å². The summed E-state index contributed by atoms with van der Waals surface area (Å²) in [5, 5.41) is 1.02. The zero-order valence-electron chi connectivity index (χ0n) is 17.8. The van der Waals surface area contributed by atoms with Gasteiger partial charge < -0.3 is 15.5 Å². The van der Waals surface area contributed by atoms with Gasteiger partial charge in [0.2, 0.25) is 5.78 Å². The van der Waals surface area contributed by atoms with Crippen molar-refractivity contribution in [3.63, 3.8) is 0 Å². The van der Waals surface area contributed by atoms with Gasteiger partial charge in [-0.3, -0.25) is 23.5 Å². The minimum atomic E-state index is -0.803. The van der Waals surface area contributed by atoms with E-state index in [1.54, 1.807) is 0 Å². The van der Waals surface area contributed by atoms with Crippen molar-refractivity contribution in [1.82, 2.24) is 14.1 Å². The van der Waals surface area contributed by atoms with E-state index in [0.717, 1.165) is 21.0 Å². The maximum Gasteiger partial charge on any atom is 0.332 e. The quantitative estimate of drug-likeness (QED) is 0.416. The van der Waals surface area contributed by atoms with Crippen molar-refractivity contribution in [2.75, 3.05) is 12.3 Å². The van der Waals surface area contributed by atoms with Crippen molar-refractivity contribution in [3.8, 4) is 0 Å². The van der Waals surface area contributed by atoms with Crippen LogP contribution in [-0.2, 0) is 29.5 Å². The van der Waals surface area contributed by atoms with Crippen LogP contribution in [0, 0.1) is 5.92 Å².